The molecule has 0 aromatic heterocycles. The third-order valence-corrected chi connectivity index (χ3v) is 14.2. The number of carbonyl (C=O) groups excluding carboxylic acids is 5. The zero-order valence-corrected chi connectivity index (χ0v) is 36.9. The first-order valence-electron chi connectivity index (χ1n) is 22.6. The van der Waals surface area contributed by atoms with Crippen LogP contribution in [0.1, 0.15) is 107 Å². The lowest BCUT2D eigenvalue weighted by Crippen LogP contribution is -2.55. The molecule has 63 heavy (non-hydrogen) atoms. The lowest BCUT2D eigenvalue weighted by Gasteiger charge is -2.59. The number of rotatable bonds is 22. The molecule has 0 heterocycles. The predicted octanol–water partition coefficient (Wildman–Crippen LogP) is 7.34. The number of azide groups is 1. The number of Topliss-reactive ketones (excluding diaryl/α,β-unsaturated/α-hetero) is 1. The molecule has 0 unspecified atom stereocenters. The summed E-state index contributed by atoms with van der Waals surface area (Å²) in [7, 11) is 0. The summed E-state index contributed by atoms with van der Waals surface area (Å²) >= 11 is 0. The van der Waals surface area contributed by atoms with Crippen LogP contribution in [0.2, 0.25) is 0 Å². The van der Waals surface area contributed by atoms with Crippen LogP contribution in [-0.4, -0.2) is 92.7 Å². The first-order valence-corrected chi connectivity index (χ1v) is 22.6. The van der Waals surface area contributed by atoms with E-state index < -0.39 is 0 Å². The van der Waals surface area contributed by atoms with Gasteiger partial charge in [0.1, 0.15) is 12.4 Å². The summed E-state index contributed by atoms with van der Waals surface area (Å²) in [5, 5.41) is 22.1. The van der Waals surface area contributed by atoms with Crippen molar-refractivity contribution in [2.75, 3.05) is 56.8 Å². The summed E-state index contributed by atoms with van der Waals surface area (Å²) in [6, 6.07) is 12.9. The fraction of sp³-hybridized carbons (Fsp3) is 0.604. The standard InChI is InChI=1S/C48H64N6O9/c1-31(55)38-16-17-39-45-40(19-21-48(38,39)3)47(2)20-18-37(56)27-34(47)28-41(45)63-23-6-4-5-7-42(57)50-29-43(58)52-35-12-8-32(9-13-35)46(60)33-10-14-36(15-11-33)53-44(59)30-62-26-25-61-24-22-51-54-49/h8-15,28,37-41,45,56H,4-7,16-27,29-30H2,1-3H3,(H,50,57)(H,52,58)(H,53,59)/t37-,38+,39-,40-,41-,45-,47-,48+/m0/s1. The van der Waals surface area contributed by atoms with E-state index in [4.69, 9.17) is 19.7 Å². The van der Waals surface area contributed by atoms with E-state index in [2.05, 4.69) is 45.9 Å². The Labute approximate surface area is 370 Å². The van der Waals surface area contributed by atoms with Crippen LogP contribution in [0.5, 0.6) is 0 Å². The first-order chi connectivity index (χ1) is 30.3. The van der Waals surface area contributed by atoms with Gasteiger partial charge in [-0.2, -0.15) is 0 Å². The molecule has 3 amide bonds. The Bertz CT molecular complexity index is 2020. The molecule has 8 atom stereocenters. The molecule has 4 aliphatic carbocycles. The van der Waals surface area contributed by atoms with Crippen molar-refractivity contribution in [1.82, 2.24) is 5.32 Å². The van der Waals surface area contributed by atoms with Gasteiger partial charge in [-0.05, 0) is 147 Å². The van der Waals surface area contributed by atoms with Crippen LogP contribution < -0.4 is 16.0 Å². The number of ketones is 2. The zero-order chi connectivity index (χ0) is 45.0. The monoisotopic (exact) mass is 868 g/mol. The summed E-state index contributed by atoms with van der Waals surface area (Å²) in [5.41, 5.74) is 11.5. The maximum atomic E-state index is 13.1. The molecule has 0 spiro atoms. The number of amides is 3. The Morgan fingerprint density at radius 1 is 0.794 bits per heavy atom. The van der Waals surface area contributed by atoms with Crippen molar-refractivity contribution < 1.29 is 43.3 Å². The van der Waals surface area contributed by atoms with Gasteiger partial charge in [0.15, 0.2) is 5.78 Å². The molecule has 340 valence electrons. The van der Waals surface area contributed by atoms with Gasteiger partial charge in [0.25, 0.3) is 0 Å². The second-order valence-corrected chi connectivity index (χ2v) is 18.2. The summed E-state index contributed by atoms with van der Waals surface area (Å²) in [6.07, 6.45) is 11.3. The number of unbranched alkanes of at least 4 members (excludes halogenated alkanes) is 2. The molecular weight excluding hydrogens is 805 g/mol. The van der Waals surface area contributed by atoms with E-state index in [9.17, 15) is 29.1 Å². The number of benzene rings is 2. The highest BCUT2D eigenvalue weighted by Crippen LogP contribution is 2.66. The van der Waals surface area contributed by atoms with E-state index >= 15 is 0 Å². The predicted molar refractivity (Wildman–Crippen MR) is 238 cm³/mol. The number of nitrogens with one attached hydrogen (secondary N) is 3. The number of fused-ring (bicyclic) bond motifs is 5. The van der Waals surface area contributed by atoms with Crippen LogP contribution in [-0.2, 0) is 33.4 Å². The molecule has 0 radical (unpaired) electrons. The third-order valence-electron chi connectivity index (χ3n) is 14.2. The van der Waals surface area contributed by atoms with Crippen LogP contribution in [0.25, 0.3) is 10.4 Å². The fourth-order valence-electron chi connectivity index (χ4n) is 11.0. The van der Waals surface area contributed by atoms with Crippen LogP contribution in [0, 0.1) is 34.5 Å². The number of nitrogens with zero attached hydrogens (tertiary/aromatic N) is 3. The van der Waals surface area contributed by atoms with Gasteiger partial charge in [-0.1, -0.05) is 37.0 Å². The zero-order valence-electron chi connectivity index (χ0n) is 36.9. The van der Waals surface area contributed by atoms with Crippen LogP contribution in [0.15, 0.2) is 65.3 Å². The minimum Gasteiger partial charge on any atom is -0.393 e. The molecule has 0 saturated heterocycles. The van der Waals surface area contributed by atoms with Crippen LogP contribution >= 0.6 is 0 Å². The van der Waals surface area contributed by atoms with Gasteiger partial charge in [-0.15, -0.1) is 0 Å². The van der Waals surface area contributed by atoms with Crippen LogP contribution in [0.4, 0.5) is 11.4 Å². The molecule has 6 rings (SSSR count). The van der Waals surface area contributed by atoms with E-state index in [1.165, 1.54) is 5.57 Å². The number of anilines is 2. The Balaban J connectivity index is 0.874. The molecule has 3 saturated carbocycles. The molecule has 3 fully saturated rings. The van der Waals surface area contributed by atoms with E-state index in [1.807, 2.05) is 0 Å². The number of aliphatic hydroxyl groups excluding tert-OH is 1. The maximum Gasteiger partial charge on any atom is 0.250 e. The fourth-order valence-corrected chi connectivity index (χ4v) is 11.0. The largest absolute Gasteiger partial charge is 0.393 e. The SMILES string of the molecule is CC(=O)[C@H]1CC[C@H]2[C@@H]3[C@@H](OCCCCCC(=O)NCC(=O)Nc4ccc(C(=O)c5ccc(NC(=O)COCCOCCN=[N+]=[N-])cc5)cc4)C=C4C[C@@H](O)CC[C@]4(C)[C@H]3CC[C@]12C. The van der Waals surface area contributed by atoms with Gasteiger partial charge in [0, 0.05) is 52.9 Å². The van der Waals surface area contributed by atoms with Gasteiger partial charge in [-0.25, -0.2) is 0 Å². The minimum absolute atomic E-state index is 0.00697. The molecule has 0 bridgehead atoms. The second-order valence-electron chi connectivity index (χ2n) is 18.2. The second kappa shape index (κ2) is 22.1. The highest BCUT2D eigenvalue weighted by Gasteiger charge is 2.61. The van der Waals surface area contributed by atoms with Crippen molar-refractivity contribution in [3.8, 4) is 0 Å². The van der Waals surface area contributed by atoms with Gasteiger partial charge in [0.05, 0.1) is 38.6 Å². The van der Waals surface area contributed by atoms with E-state index in [0.717, 1.165) is 51.4 Å². The normalized spacial score (nSPS) is 27.1. The summed E-state index contributed by atoms with van der Waals surface area (Å²) < 4.78 is 17.2. The molecule has 2 aromatic carbocycles. The molecule has 0 aliphatic heterocycles. The Morgan fingerprint density at radius 3 is 2.16 bits per heavy atom. The van der Waals surface area contributed by atoms with Crippen molar-refractivity contribution in [3.63, 3.8) is 0 Å². The summed E-state index contributed by atoms with van der Waals surface area (Å²) in [6.45, 7) is 7.71. The number of hydrogen-bond donors (Lipinski definition) is 4. The van der Waals surface area contributed by atoms with Crippen molar-refractivity contribution in [2.24, 2.45) is 39.6 Å². The summed E-state index contributed by atoms with van der Waals surface area (Å²) in [5.74, 6) is 0.541. The molecule has 15 heteroatoms. The smallest absolute Gasteiger partial charge is 0.250 e. The van der Waals surface area contributed by atoms with Gasteiger partial charge >= 0.3 is 0 Å². The highest BCUT2D eigenvalue weighted by atomic mass is 16.5. The molecular formula is C48H64N6O9. The molecule has 4 aliphatic rings. The Morgan fingerprint density at radius 2 is 1.48 bits per heavy atom. The summed E-state index contributed by atoms with van der Waals surface area (Å²) in [4.78, 5) is 65.9. The molecule has 4 N–H and O–H groups in total. The highest BCUT2D eigenvalue weighted by molar-refractivity contribution is 6.09. The topological polar surface area (TPSA) is 218 Å². The van der Waals surface area contributed by atoms with Gasteiger partial charge < -0.3 is 35.3 Å². The average Bonchev–Trinajstić information content (AvgIpc) is 3.63. The number of hydrogen-bond acceptors (Lipinski definition) is 10. The van der Waals surface area contributed by atoms with Crippen LogP contribution in [0.3, 0.4) is 0 Å². The quantitative estimate of drug-likeness (QED) is 0.0232. The number of aliphatic hydroxyl groups is 1. The number of carbonyl (C=O) groups is 5. The Kier molecular flexibility index (Phi) is 16.7. The molecule has 15 nitrogen and oxygen atoms in total. The van der Waals surface area contributed by atoms with Crippen molar-refractivity contribution in [1.29, 1.82) is 0 Å². The van der Waals surface area contributed by atoms with Gasteiger partial charge in [-0.3, -0.25) is 24.0 Å². The van der Waals surface area contributed by atoms with E-state index in [0.29, 0.717) is 71.9 Å². The van der Waals surface area contributed by atoms with E-state index in [1.54, 1.807) is 55.5 Å². The third kappa shape index (κ3) is 12.0. The lowest BCUT2D eigenvalue weighted by molar-refractivity contribution is -0.134. The lowest BCUT2D eigenvalue weighted by atomic mass is 9.46. The first kappa shape index (κ1) is 47.6. The maximum absolute atomic E-state index is 13.1. The van der Waals surface area contributed by atoms with Crippen molar-refractivity contribution in [3.05, 3.63) is 81.7 Å². The molecule has 2 aromatic rings. The van der Waals surface area contributed by atoms with Crippen molar-refractivity contribution >= 4 is 40.7 Å². The van der Waals surface area contributed by atoms with Crippen molar-refractivity contribution in [2.45, 2.75) is 104 Å². The van der Waals surface area contributed by atoms with E-state index in [-0.39, 0.29) is 92.0 Å². The average molecular weight is 869 g/mol. The Hall–Kier alpha value is -4.92. The number of ether oxygens (including phenoxy) is 3. The minimum atomic E-state index is -0.383. The van der Waals surface area contributed by atoms with Gasteiger partial charge in [0.2, 0.25) is 17.7 Å².